The van der Waals surface area contributed by atoms with E-state index in [9.17, 15) is 4.79 Å². The number of carbonyl (C=O) groups excluding carboxylic acids is 1. The summed E-state index contributed by atoms with van der Waals surface area (Å²) in [5.74, 6) is 5.54. The van der Waals surface area contributed by atoms with Crippen LogP contribution in [-0.2, 0) is 0 Å². The number of anilines is 1. The fourth-order valence-electron chi connectivity index (χ4n) is 1.85. The highest BCUT2D eigenvalue weighted by Gasteiger charge is 2.14. The van der Waals surface area contributed by atoms with E-state index in [0.29, 0.717) is 11.5 Å². The van der Waals surface area contributed by atoms with Crippen molar-refractivity contribution >= 4 is 11.7 Å². The van der Waals surface area contributed by atoms with E-state index >= 15 is 0 Å². The van der Waals surface area contributed by atoms with Gasteiger partial charge in [-0.3, -0.25) is 10.2 Å². The molecule has 0 saturated carbocycles. The molecule has 1 fully saturated rings. The number of hydrogen-bond acceptors (Lipinski definition) is 5. The SMILES string of the molecule is NNc1cccc(C(=O)NN2CCCCC2)n1. The van der Waals surface area contributed by atoms with Gasteiger partial charge in [0, 0.05) is 13.1 Å². The summed E-state index contributed by atoms with van der Waals surface area (Å²) in [4.78, 5) is 16.0. The van der Waals surface area contributed by atoms with E-state index in [1.807, 2.05) is 5.01 Å². The lowest BCUT2D eigenvalue weighted by molar-refractivity contribution is 0.0745. The molecule has 1 aliphatic rings. The van der Waals surface area contributed by atoms with Gasteiger partial charge in [-0.05, 0) is 25.0 Å². The van der Waals surface area contributed by atoms with Crippen LogP contribution < -0.4 is 16.7 Å². The topological polar surface area (TPSA) is 83.3 Å². The number of nitrogens with one attached hydrogen (secondary N) is 2. The molecule has 1 saturated heterocycles. The van der Waals surface area contributed by atoms with Crippen molar-refractivity contribution in [1.82, 2.24) is 15.4 Å². The first-order valence-corrected chi connectivity index (χ1v) is 5.79. The number of hydrogen-bond donors (Lipinski definition) is 3. The van der Waals surface area contributed by atoms with Crippen LogP contribution in [0.25, 0.3) is 0 Å². The fraction of sp³-hybridized carbons (Fsp3) is 0.455. The van der Waals surface area contributed by atoms with Crippen LogP contribution in [0.1, 0.15) is 29.8 Å². The molecule has 6 heteroatoms. The van der Waals surface area contributed by atoms with Crippen LogP contribution in [-0.4, -0.2) is 29.0 Å². The Bertz CT molecular complexity index is 389. The van der Waals surface area contributed by atoms with Crippen LogP contribution in [0.5, 0.6) is 0 Å². The molecule has 92 valence electrons. The molecule has 0 aromatic carbocycles. The van der Waals surface area contributed by atoms with Crippen molar-refractivity contribution in [3.63, 3.8) is 0 Å². The van der Waals surface area contributed by atoms with Gasteiger partial charge in [-0.25, -0.2) is 15.8 Å². The zero-order valence-electron chi connectivity index (χ0n) is 9.65. The lowest BCUT2D eigenvalue weighted by Gasteiger charge is -2.26. The molecule has 4 N–H and O–H groups in total. The van der Waals surface area contributed by atoms with E-state index in [4.69, 9.17) is 5.84 Å². The van der Waals surface area contributed by atoms with E-state index in [-0.39, 0.29) is 5.91 Å². The van der Waals surface area contributed by atoms with E-state index < -0.39 is 0 Å². The second kappa shape index (κ2) is 5.60. The molecule has 0 spiro atoms. The Hall–Kier alpha value is -1.66. The van der Waals surface area contributed by atoms with Gasteiger partial charge < -0.3 is 5.43 Å². The van der Waals surface area contributed by atoms with Crippen LogP contribution in [0.2, 0.25) is 0 Å². The summed E-state index contributed by atoms with van der Waals surface area (Å²) < 4.78 is 0. The second-order valence-electron chi connectivity index (χ2n) is 4.04. The number of nitrogens with zero attached hydrogens (tertiary/aromatic N) is 2. The number of carbonyl (C=O) groups is 1. The van der Waals surface area contributed by atoms with Crippen LogP contribution in [0.3, 0.4) is 0 Å². The van der Waals surface area contributed by atoms with Gasteiger partial charge in [-0.1, -0.05) is 12.5 Å². The van der Waals surface area contributed by atoms with Crippen molar-refractivity contribution in [2.45, 2.75) is 19.3 Å². The molecule has 1 aromatic rings. The highest BCUT2D eigenvalue weighted by Crippen LogP contribution is 2.07. The Morgan fingerprint density at radius 2 is 2.06 bits per heavy atom. The first kappa shape index (κ1) is 11.8. The third-order valence-corrected chi connectivity index (χ3v) is 2.75. The summed E-state index contributed by atoms with van der Waals surface area (Å²) in [6.07, 6.45) is 3.48. The molecule has 0 radical (unpaired) electrons. The van der Waals surface area contributed by atoms with Crippen LogP contribution >= 0.6 is 0 Å². The maximum Gasteiger partial charge on any atom is 0.284 e. The van der Waals surface area contributed by atoms with Crippen LogP contribution in [0.4, 0.5) is 5.82 Å². The number of nitrogen functional groups attached to an aromatic ring is 1. The standard InChI is InChI=1S/C11H17N5O/c12-14-10-6-4-5-9(13-10)11(17)15-16-7-2-1-3-8-16/h4-6H,1-3,7-8,12H2,(H,13,14)(H,15,17). The normalized spacial score (nSPS) is 16.5. The Morgan fingerprint density at radius 3 is 2.76 bits per heavy atom. The predicted molar refractivity (Wildman–Crippen MR) is 64.9 cm³/mol. The van der Waals surface area contributed by atoms with Crippen molar-refractivity contribution in [2.75, 3.05) is 18.5 Å². The van der Waals surface area contributed by atoms with E-state index in [2.05, 4.69) is 15.8 Å². The predicted octanol–water partition coefficient (Wildman–Crippen LogP) is 0.498. The smallest absolute Gasteiger partial charge is 0.284 e. The molecule has 0 atom stereocenters. The Kier molecular flexibility index (Phi) is 3.89. The molecule has 0 aliphatic carbocycles. The maximum atomic E-state index is 11.9. The highest BCUT2D eigenvalue weighted by atomic mass is 16.2. The van der Waals surface area contributed by atoms with Gasteiger partial charge in [0.25, 0.3) is 5.91 Å². The van der Waals surface area contributed by atoms with Gasteiger partial charge in [0.1, 0.15) is 11.5 Å². The first-order valence-electron chi connectivity index (χ1n) is 5.79. The first-order chi connectivity index (χ1) is 8.29. The van der Waals surface area contributed by atoms with Gasteiger partial charge in [0.2, 0.25) is 0 Å². The van der Waals surface area contributed by atoms with Gasteiger partial charge in [0.15, 0.2) is 0 Å². The van der Waals surface area contributed by atoms with E-state index in [0.717, 1.165) is 25.9 Å². The molecule has 1 amide bonds. The van der Waals surface area contributed by atoms with Crippen molar-refractivity contribution < 1.29 is 4.79 Å². The summed E-state index contributed by atoms with van der Waals surface area (Å²) in [5, 5.41) is 1.94. The Morgan fingerprint density at radius 1 is 1.29 bits per heavy atom. The molecule has 0 unspecified atom stereocenters. The van der Waals surface area contributed by atoms with Gasteiger partial charge in [-0.15, -0.1) is 0 Å². The van der Waals surface area contributed by atoms with Crippen molar-refractivity contribution in [2.24, 2.45) is 5.84 Å². The van der Waals surface area contributed by atoms with Crippen molar-refractivity contribution in [3.8, 4) is 0 Å². The molecule has 1 aromatic heterocycles. The lowest BCUT2D eigenvalue weighted by Crippen LogP contribution is -2.45. The maximum absolute atomic E-state index is 11.9. The Labute approximate surface area is 100 Å². The number of nitrogens with two attached hydrogens (primary N) is 1. The van der Waals surface area contributed by atoms with Crippen molar-refractivity contribution in [1.29, 1.82) is 0 Å². The highest BCUT2D eigenvalue weighted by molar-refractivity contribution is 5.92. The number of hydrazine groups is 2. The molecule has 2 rings (SSSR count). The van der Waals surface area contributed by atoms with Crippen LogP contribution in [0.15, 0.2) is 18.2 Å². The summed E-state index contributed by atoms with van der Waals surface area (Å²) in [5.41, 5.74) is 5.64. The largest absolute Gasteiger partial charge is 0.308 e. The van der Waals surface area contributed by atoms with E-state index in [1.54, 1.807) is 18.2 Å². The number of piperidine rings is 1. The Balaban J connectivity index is 1.98. The zero-order chi connectivity index (χ0) is 12.1. The molecule has 17 heavy (non-hydrogen) atoms. The third-order valence-electron chi connectivity index (χ3n) is 2.75. The van der Waals surface area contributed by atoms with Crippen molar-refractivity contribution in [3.05, 3.63) is 23.9 Å². The summed E-state index contributed by atoms with van der Waals surface area (Å²) >= 11 is 0. The lowest BCUT2D eigenvalue weighted by atomic mass is 10.2. The number of pyridine rings is 1. The van der Waals surface area contributed by atoms with Gasteiger partial charge in [-0.2, -0.15) is 0 Å². The minimum atomic E-state index is -0.191. The molecule has 2 heterocycles. The number of rotatable bonds is 3. The fourth-order valence-corrected chi connectivity index (χ4v) is 1.85. The monoisotopic (exact) mass is 235 g/mol. The minimum Gasteiger partial charge on any atom is -0.308 e. The molecule has 0 bridgehead atoms. The zero-order valence-corrected chi connectivity index (χ0v) is 9.65. The third kappa shape index (κ3) is 3.15. The van der Waals surface area contributed by atoms with Crippen LogP contribution in [0, 0.1) is 0 Å². The number of amides is 1. The minimum absolute atomic E-state index is 0.191. The second-order valence-corrected chi connectivity index (χ2v) is 4.04. The molecule has 6 nitrogen and oxygen atoms in total. The summed E-state index contributed by atoms with van der Waals surface area (Å²) in [6, 6.07) is 5.12. The van der Waals surface area contributed by atoms with Gasteiger partial charge in [0.05, 0.1) is 0 Å². The summed E-state index contributed by atoms with van der Waals surface area (Å²) in [7, 11) is 0. The average Bonchev–Trinajstić information content (AvgIpc) is 2.40. The molecule has 1 aliphatic heterocycles. The van der Waals surface area contributed by atoms with Gasteiger partial charge >= 0.3 is 0 Å². The quantitative estimate of drug-likeness (QED) is 0.525. The molecular weight excluding hydrogens is 218 g/mol. The molecular formula is C11H17N5O. The average molecular weight is 235 g/mol. The summed E-state index contributed by atoms with van der Waals surface area (Å²) in [6.45, 7) is 1.81. The number of aromatic nitrogens is 1. The van der Waals surface area contributed by atoms with E-state index in [1.165, 1.54) is 6.42 Å².